The molecule has 2 aromatic rings. The molecule has 5 heteroatoms. The van der Waals surface area contributed by atoms with Gasteiger partial charge in [0, 0.05) is 16.9 Å². The van der Waals surface area contributed by atoms with Gasteiger partial charge in [0.1, 0.15) is 10.7 Å². The van der Waals surface area contributed by atoms with E-state index in [0.29, 0.717) is 11.1 Å². The van der Waals surface area contributed by atoms with Crippen molar-refractivity contribution in [3.63, 3.8) is 0 Å². The molecule has 3 rings (SSSR count). The van der Waals surface area contributed by atoms with Crippen LogP contribution in [0.2, 0.25) is 0 Å². The van der Waals surface area contributed by atoms with Gasteiger partial charge in [0.05, 0.1) is 0 Å². The summed E-state index contributed by atoms with van der Waals surface area (Å²) in [6.07, 6.45) is 6.29. The van der Waals surface area contributed by atoms with Gasteiger partial charge < -0.3 is 5.73 Å². The van der Waals surface area contributed by atoms with Crippen LogP contribution in [0.25, 0.3) is 11.4 Å². The molecule has 0 saturated heterocycles. The van der Waals surface area contributed by atoms with Crippen LogP contribution < -0.4 is 5.73 Å². The van der Waals surface area contributed by atoms with Crippen LogP contribution >= 0.6 is 11.8 Å². The molecule has 0 radical (unpaired) electrons. The molecule has 0 bridgehead atoms. The lowest BCUT2D eigenvalue weighted by molar-refractivity contribution is 0.0995. The van der Waals surface area contributed by atoms with E-state index in [4.69, 9.17) is 5.73 Å². The van der Waals surface area contributed by atoms with Gasteiger partial charge in [-0.2, -0.15) is 0 Å². The number of amides is 1. The second kappa shape index (κ2) is 6.92. The molecule has 4 nitrogen and oxygen atoms in total. The summed E-state index contributed by atoms with van der Waals surface area (Å²) in [6.45, 7) is 0. The maximum Gasteiger partial charge on any atom is 0.267 e. The van der Waals surface area contributed by atoms with Crippen LogP contribution in [0.5, 0.6) is 0 Å². The van der Waals surface area contributed by atoms with Crippen molar-refractivity contribution in [2.45, 2.75) is 42.4 Å². The van der Waals surface area contributed by atoms with Gasteiger partial charge in [0.15, 0.2) is 5.82 Å². The number of aromatic nitrogens is 2. The smallest absolute Gasteiger partial charge is 0.267 e. The fraction of sp³-hybridized carbons (Fsp3) is 0.353. The molecule has 0 atom stereocenters. The first-order valence-electron chi connectivity index (χ1n) is 7.63. The quantitative estimate of drug-likeness (QED) is 0.874. The Hall–Kier alpha value is -1.88. The molecule has 2 N–H and O–H groups in total. The summed E-state index contributed by atoms with van der Waals surface area (Å²) >= 11 is 1.75. The van der Waals surface area contributed by atoms with Crippen LogP contribution in [0.3, 0.4) is 0 Å². The molecule has 0 spiro atoms. The van der Waals surface area contributed by atoms with E-state index in [-0.39, 0.29) is 5.69 Å². The lowest BCUT2D eigenvalue weighted by Crippen LogP contribution is -2.15. The summed E-state index contributed by atoms with van der Waals surface area (Å²) in [5, 5.41) is 1.42. The number of primary amides is 1. The maximum absolute atomic E-state index is 11.6. The number of thioether (sulfide) groups is 1. The number of nitrogens with two attached hydrogens (primary N) is 1. The molecule has 1 amide bonds. The average Bonchev–Trinajstić information content (AvgIpc) is 2.56. The minimum Gasteiger partial charge on any atom is -0.364 e. The van der Waals surface area contributed by atoms with Crippen LogP contribution in [0.15, 0.2) is 41.4 Å². The Kier molecular flexibility index (Phi) is 4.73. The number of hydrogen-bond acceptors (Lipinski definition) is 4. The Morgan fingerprint density at radius 3 is 2.50 bits per heavy atom. The number of rotatable bonds is 4. The molecule has 1 saturated carbocycles. The summed E-state index contributed by atoms with van der Waals surface area (Å²) in [5.74, 6) is 0.0558. The number of nitrogens with zero attached hydrogens (tertiary/aromatic N) is 2. The minimum absolute atomic E-state index is 0.284. The van der Waals surface area contributed by atoms with Crippen LogP contribution in [0.1, 0.15) is 42.6 Å². The standard InChI is InChI=1S/C17H19N3OS/c18-16(21)14-11-15(22-13-9-5-2-6-10-13)20-17(19-14)12-7-3-1-4-8-12/h1,3-4,7-8,11,13H,2,5-6,9-10H2,(H2,18,21). The summed E-state index contributed by atoms with van der Waals surface area (Å²) in [5.41, 5.74) is 6.61. The van der Waals surface area contributed by atoms with Gasteiger partial charge in [0.2, 0.25) is 0 Å². The van der Waals surface area contributed by atoms with E-state index in [1.54, 1.807) is 17.8 Å². The molecule has 1 aliphatic rings. The molecule has 0 unspecified atom stereocenters. The van der Waals surface area contributed by atoms with E-state index in [0.717, 1.165) is 10.6 Å². The third-order valence-electron chi connectivity index (χ3n) is 3.83. The normalized spacial score (nSPS) is 15.6. The lowest BCUT2D eigenvalue weighted by atomic mass is 10.0. The van der Waals surface area contributed by atoms with Crippen LogP contribution in [-0.2, 0) is 0 Å². The van der Waals surface area contributed by atoms with Gasteiger partial charge in [0.25, 0.3) is 5.91 Å². The van der Waals surface area contributed by atoms with Crippen LogP contribution in [0.4, 0.5) is 0 Å². The molecule has 0 aliphatic heterocycles. The minimum atomic E-state index is -0.509. The highest BCUT2D eigenvalue weighted by molar-refractivity contribution is 7.99. The molecule has 1 fully saturated rings. The Morgan fingerprint density at radius 1 is 1.09 bits per heavy atom. The van der Waals surface area contributed by atoms with Crippen molar-refractivity contribution in [1.82, 2.24) is 9.97 Å². The summed E-state index contributed by atoms with van der Waals surface area (Å²) in [7, 11) is 0. The molecule has 1 aliphatic carbocycles. The van der Waals surface area contributed by atoms with Crippen molar-refractivity contribution in [2.75, 3.05) is 0 Å². The van der Waals surface area contributed by atoms with E-state index in [9.17, 15) is 4.79 Å². The van der Waals surface area contributed by atoms with E-state index >= 15 is 0 Å². The van der Waals surface area contributed by atoms with Crippen molar-refractivity contribution in [1.29, 1.82) is 0 Å². The fourth-order valence-corrected chi connectivity index (χ4v) is 3.91. The largest absolute Gasteiger partial charge is 0.364 e. The zero-order valence-electron chi connectivity index (χ0n) is 12.4. The second-order valence-electron chi connectivity index (χ2n) is 5.52. The first kappa shape index (κ1) is 15.0. The topological polar surface area (TPSA) is 68.9 Å². The maximum atomic E-state index is 11.6. The van der Waals surface area contributed by atoms with Gasteiger partial charge in [-0.15, -0.1) is 11.8 Å². The summed E-state index contributed by atoms with van der Waals surface area (Å²) in [6, 6.07) is 11.4. The Bertz CT molecular complexity index is 654. The third-order valence-corrected chi connectivity index (χ3v) is 5.08. The lowest BCUT2D eigenvalue weighted by Gasteiger charge is -2.20. The van der Waals surface area contributed by atoms with Gasteiger partial charge in [-0.05, 0) is 12.8 Å². The SMILES string of the molecule is NC(=O)c1cc(SC2CCCCC2)nc(-c2ccccc2)n1. The zero-order chi connectivity index (χ0) is 15.4. The molecule has 114 valence electrons. The molecular formula is C17H19N3OS. The van der Waals surface area contributed by atoms with E-state index in [1.807, 2.05) is 30.3 Å². The van der Waals surface area contributed by atoms with Crippen molar-refractivity contribution in [2.24, 2.45) is 5.73 Å². The fourth-order valence-electron chi connectivity index (χ4n) is 2.68. The first-order chi connectivity index (χ1) is 10.7. The first-order valence-corrected chi connectivity index (χ1v) is 8.51. The Balaban J connectivity index is 1.91. The molecule has 22 heavy (non-hydrogen) atoms. The van der Waals surface area contributed by atoms with Crippen molar-refractivity contribution in [3.05, 3.63) is 42.1 Å². The van der Waals surface area contributed by atoms with Gasteiger partial charge in [-0.1, -0.05) is 49.6 Å². The van der Waals surface area contributed by atoms with E-state index < -0.39 is 5.91 Å². The summed E-state index contributed by atoms with van der Waals surface area (Å²) < 4.78 is 0. The number of carbonyl (C=O) groups is 1. The van der Waals surface area contributed by atoms with E-state index in [1.165, 1.54) is 32.1 Å². The number of hydrogen-bond donors (Lipinski definition) is 1. The predicted octanol–water partition coefficient (Wildman–Crippen LogP) is 3.67. The number of carbonyl (C=O) groups excluding carboxylic acids is 1. The Morgan fingerprint density at radius 2 is 1.82 bits per heavy atom. The van der Waals surface area contributed by atoms with Crippen LogP contribution in [0, 0.1) is 0 Å². The van der Waals surface area contributed by atoms with Gasteiger partial charge in [-0.3, -0.25) is 4.79 Å². The van der Waals surface area contributed by atoms with E-state index in [2.05, 4.69) is 9.97 Å². The van der Waals surface area contributed by atoms with Crippen LogP contribution in [-0.4, -0.2) is 21.1 Å². The highest BCUT2D eigenvalue weighted by atomic mass is 32.2. The molecule has 1 heterocycles. The van der Waals surface area contributed by atoms with Crippen molar-refractivity contribution < 1.29 is 4.79 Å². The number of benzene rings is 1. The average molecular weight is 313 g/mol. The van der Waals surface area contributed by atoms with Crippen molar-refractivity contribution in [3.8, 4) is 11.4 Å². The van der Waals surface area contributed by atoms with Gasteiger partial charge in [-0.25, -0.2) is 9.97 Å². The third kappa shape index (κ3) is 3.65. The molecular weight excluding hydrogens is 294 g/mol. The highest BCUT2D eigenvalue weighted by Gasteiger charge is 2.17. The molecule has 1 aromatic heterocycles. The predicted molar refractivity (Wildman–Crippen MR) is 88.7 cm³/mol. The molecule has 1 aromatic carbocycles. The van der Waals surface area contributed by atoms with Gasteiger partial charge >= 0.3 is 0 Å². The summed E-state index contributed by atoms with van der Waals surface area (Å²) in [4.78, 5) is 20.5. The highest BCUT2D eigenvalue weighted by Crippen LogP contribution is 2.33. The second-order valence-corrected chi connectivity index (χ2v) is 6.84. The Labute approximate surface area is 134 Å². The monoisotopic (exact) mass is 313 g/mol. The van der Waals surface area contributed by atoms with Crippen molar-refractivity contribution >= 4 is 17.7 Å². The zero-order valence-corrected chi connectivity index (χ0v) is 13.2.